The van der Waals surface area contributed by atoms with Gasteiger partial charge in [0.25, 0.3) is 0 Å². The van der Waals surface area contributed by atoms with Crippen LogP contribution in [0.5, 0.6) is 23.0 Å². The van der Waals surface area contributed by atoms with E-state index in [1.165, 1.54) is 150 Å². The van der Waals surface area contributed by atoms with Crippen molar-refractivity contribution in [3.05, 3.63) is 255 Å². The maximum absolute atomic E-state index is 17.1. The molecule has 12 amide bonds. The smallest absolute Gasteiger partial charge is 0.410 e. The first-order valence-electron chi connectivity index (χ1n) is 30.1. The molecule has 0 aromatic heterocycles. The number of hydrogen-bond donors (Lipinski definition) is 8. The van der Waals surface area contributed by atoms with Crippen molar-refractivity contribution in [3.8, 4) is 23.0 Å². The standard InChI is InChI=1S/C72H62N12O14S/c1-73-65(85)81(51-27-17-23-47(43-51)77-69(89)95-55-31-9-5-10-32-55)59-39-21-41-61(63(59)83(67(87)75-3)53-29-19-25-49(45-53)79-71(91)97-57-35-13-7-14-36-57)99(93,94)62-42-22-40-60(82(66(86)74-2)52-28-18-24-48(44-52)78-70(90)96-56-33-11-6-12-34-56)64(62)84(68(88)76-4)54-30-20-26-50(46-54)80-72(92)98-58-37-15-8-16-38-58/h5-46H,1-4H3,(H,73,85)(H,74,86)(H,75,87)(H,76,88)(H,77,89)(H,78,90)(H,79,91)(H,80,92). The number of rotatable bonds is 18. The van der Waals surface area contributed by atoms with Gasteiger partial charge in [-0.25, -0.2) is 46.8 Å². The van der Waals surface area contributed by atoms with Gasteiger partial charge in [-0.05, 0) is 146 Å². The Labute approximate surface area is 567 Å². The van der Waals surface area contributed by atoms with Crippen molar-refractivity contribution in [3.63, 3.8) is 0 Å². The van der Waals surface area contributed by atoms with E-state index in [9.17, 15) is 28.8 Å². The number of para-hydroxylation sites is 6. The van der Waals surface area contributed by atoms with Crippen LogP contribution in [0.4, 0.5) is 107 Å². The van der Waals surface area contributed by atoms with Crippen LogP contribution in [0.2, 0.25) is 0 Å². The average molecular weight is 1350 g/mol. The Kier molecular flexibility index (Phi) is 21.7. The van der Waals surface area contributed by atoms with Crippen LogP contribution >= 0.6 is 0 Å². The van der Waals surface area contributed by atoms with Crippen molar-refractivity contribution < 1.29 is 65.7 Å². The molecule has 0 bridgehead atoms. The Bertz CT molecular complexity index is 4460. The number of nitrogens with one attached hydrogen (secondary N) is 8. The number of ether oxygens (including phenoxy) is 4. The highest BCUT2D eigenvalue weighted by atomic mass is 32.2. The zero-order valence-corrected chi connectivity index (χ0v) is 54.0. The molecule has 10 rings (SSSR count). The number of sulfone groups is 1. The van der Waals surface area contributed by atoms with E-state index in [2.05, 4.69) is 42.5 Å². The van der Waals surface area contributed by atoms with Gasteiger partial charge < -0.3 is 40.2 Å². The van der Waals surface area contributed by atoms with Crippen LogP contribution in [0.3, 0.4) is 0 Å². The van der Waals surface area contributed by atoms with E-state index in [1.54, 1.807) is 121 Å². The molecule has 0 unspecified atom stereocenters. The normalized spacial score (nSPS) is 10.6. The molecule has 0 radical (unpaired) electrons. The first-order valence-corrected chi connectivity index (χ1v) is 31.6. The van der Waals surface area contributed by atoms with Gasteiger partial charge >= 0.3 is 48.5 Å². The number of anilines is 12. The molecular weight excluding hydrogens is 1290 g/mol. The Hall–Kier alpha value is -13.7. The van der Waals surface area contributed by atoms with E-state index in [4.69, 9.17) is 18.9 Å². The molecule has 0 atom stereocenters. The minimum atomic E-state index is -5.45. The largest absolute Gasteiger partial charge is 0.417 e. The summed E-state index contributed by atoms with van der Waals surface area (Å²) in [6.45, 7) is 0. The molecule has 0 aliphatic rings. The molecule has 99 heavy (non-hydrogen) atoms. The maximum Gasteiger partial charge on any atom is 0.417 e. The van der Waals surface area contributed by atoms with Crippen molar-refractivity contribution in [1.29, 1.82) is 0 Å². The van der Waals surface area contributed by atoms with Crippen molar-refractivity contribution in [2.24, 2.45) is 0 Å². The molecular formula is C72H62N12O14S. The summed E-state index contributed by atoms with van der Waals surface area (Å²) in [4.78, 5) is 117. The third-order valence-corrected chi connectivity index (χ3v) is 16.2. The first kappa shape index (κ1) is 68.2. The van der Waals surface area contributed by atoms with Crippen LogP contribution in [-0.2, 0) is 9.84 Å². The third kappa shape index (κ3) is 16.5. The second kappa shape index (κ2) is 31.5. The van der Waals surface area contributed by atoms with E-state index in [0.29, 0.717) is 0 Å². The van der Waals surface area contributed by atoms with Crippen molar-refractivity contribution in [2.45, 2.75) is 9.79 Å². The van der Waals surface area contributed by atoms with Crippen molar-refractivity contribution >= 4 is 127 Å². The van der Waals surface area contributed by atoms with Gasteiger partial charge in [0, 0.05) is 50.9 Å². The van der Waals surface area contributed by atoms with Crippen LogP contribution in [0.1, 0.15) is 0 Å². The number of urea groups is 4. The van der Waals surface area contributed by atoms with Gasteiger partial charge in [-0.2, -0.15) is 0 Å². The lowest BCUT2D eigenvalue weighted by Crippen LogP contribution is -2.40. The fourth-order valence-electron chi connectivity index (χ4n) is 10.1. The molecule has 8 N–H and O–H groups in total. The second-order valence-corrected chi connectivity index (χ2v) is 22.7. The highest BCUT2D eigenvalue weighted by Gasteiger charge is 2.39. The maximum atomic E-state index is 17.1. The highest BCUT2D eigenvalue weighted by molar-refractivity contribution is 7.91. The molecule has 0 saturated heterocycles. The molecule has 10 aromatic carbocycles. The number of benzene rings is 10. The highest BCUT2D eigenvalue weighted by Crippen LogP contribution is 2.50. The Balaban J connectivity index is 1.22. The summed E-state index contributed by atoms with van der Waals surface area (Å²) < 4.78 is 56.2. The van der Waals surface area contributed by atoms with E-state index >= 15 is 18.0 Å². The topological polar surface area (TPSA) is 317 Å². The summed E-state index contributed by atoms with van der Waals surface area (Å²) in [6.07, 6.45) is -3.71. The van der Waals surface area contributed by atoms with Crippen molar-refractivity contribution in [2.75, 3.05) is 69.1 Å². The number of hydrogen-bond acceptors (Lipinski definition) is 14. The van der Waals surface area contributed by atoms with Gasteiger partial charge in [0.05, 0.1) is 55.3 Å². The summed E-state index contributed by atoms with van der Waals surface area (Å²) in [5.74, 6) is 0.819. The minimum absolute atomic E-state index is 0.0144. The fraction of sp³-hybridized carbons (Fsp3) is 0.0556. The SMILES string of the molecule is CNC(=O)N(c1cccc(NC(=O)Oc2ccccc2)c1)c1cccc(S(=O)(=O)c2cccc(N(C(=O)NC)c3cccc(NC(=O)Oc4ccccc4)c3)c2N(C(=O)NC)c2cccc(NC(=O)Oc3ccccc3)c2)c1N(C(=O)NC)c1cccc(NC(=O)Oc2ccccc2)c1. The predicted octanol–water partition coefficient (Wildman–Crippen LogP) is 14.9. The van der Waals surface area contributed by atoms with Crippen LogP contribution < -0.4 is 81.1 Å². The summed E-state index contributed by atoms with van der Waals surface area (Å²) in [5, 5.41) is 20.9. The molecule has 500 valence electrons. The summed E-state index contributed by atoms with van der Waals surface area (Å²) >= 11 is 0. The molecule has 0 heterocycles. The summed E-state index contributed by atoms with van der Waals surface area (Å²) in [5.41, 5.74) is -1.70. The third-order valence-electron chi connectivity index (χ3n) is 14.3. The number of carbonyl (C=O) groups is 8. The van der Waals surface area contributed by atoms with Crippen molar-refractivity contribution in [1.82, 2.24) is 21.3 Å². The van der Waals surface area contributed by atoms with Gasteiger partial charge in [-0.3, -0.25) is 40.9 Å². The van der Waals surface area contributed by atoms with E-state index in [1.807, 2.05) is 0 Å². The monoisotopic (exact) mass is 1350 g/mol. The second-order valence-electron chi connectivity index (χ2n) is 20.8. The zero-order valence-electron chi connectivity index (χ0n) is 53.2. The minimum Gasteiger partial charge on any atom is -0.410 e. The number of nitrogens with zero attached hydrogens (tertiary/aromatic N) is 4. The van der Waals surface area contributed by atoms with Crippen LogP contribution in [0.25, 0.3) is 0 Å². The lowest BCUT2D eigenvalue weighted by Gasteiger charge is -2.33. The molecule has 0 saturated carbocycles. The lowest BCUT2D eigenvalue weighted by molar-refractivity contribution is 0.214. The molecule has 10 aromatic rings. The quantitative estimate of drug-likeness (QED) is 0.0396. The molecule has 27 heteroatoms. The number of amides is 12. The zero-order chi connectivity index (χ0) is 70.0. The number of carbonyl (C=O) groups excluding carboxylic acids is 8. The van der Waals surface area contributed by atoms with Gasteiger partial charge in [0.15, 0.2) is 0 Å². The predicted molar refractivity (Wildman–Crippen MR) is 375 cm³/mol. The molecule has 0 spiro atoms. The van der Waals surface area contributed by atoms with Gasteiger partial charge in [-0.1, -0.05) is 109 Å². The molecule has 0 aliphatic carbocycles. The summed E-state index contributed by atoms with van der Waals surface area (Å²) in [6, 6.07) is 59.5. The Morgan fingerprint density at radius 1 is 0.283 bits per heavy atom. The Morgan fingerprint density at radius 2 is 0.515 bits per heavy atom. The fourth-order valence-corrected chi connectivity index (χ4v) is 11.8. The van der Waals surface area contributed by atoms with Crippen LogP contribution in [0.15, 0.2) is 265 Å². The van der Waals surface area contributed by atoms with E-state index < -0.39 is 79.5 Å². The van der Waals surface area contributed by atoms with E-state index in [0.717, 1.165) is 31.7 Å². The lowest BCUT2D eigenvalue weighted by atomic mass is 10.1. The van der Waals surface area contributed by atoms with Gasteiger partial charge in [-0.15, -0.1) is 0 Å². The first-order chi connectivity index (χ1) is 48.0. The molecule has 0 fully saturated rings. The average Bonchev–Trinajstić information content (AvgIpc) is 0.731. The summed E-state index contributed by atoms with van der Waals surface area (Å²) in [7, 11) is -0.313. The molecule has 0 aliphatic heterocycles. The van der Waals surface area contributed by atoms with E-state index in [-0.39, 0.29) is 79.9 Å². The Morgan fingerprint density at radius 3 is 0.768 bits per heavy atom. The van der Waals surface area contributed by atoms with Crippen LogP contribution in [-0.4, -0.2) is 85.1 Å². The molecule has 26 nitrogen and oxygen atoms in total. The van der Waals surface area contributed by atoms with Crippen LogP contribution in [0, 0.1) is 0 Å². The van der Waals surface area contributed by atoms with Gasteiger partial charge in [0.1, 0.15) is 23.0 Å². The van der Waals surface area contributed by atoms with Gasteiger partial charge in [0.2, 0.25) is 9.84 Å².